The molecule has 1 aliphatic rings. The number of carbonyl (C=O) groups is 1. The summed E-state index contributed by atoms with van der Waals surface area (Å²) < 4.78 is 5.19. The van der Waals surface area contributed by atoms with Gasteiger partial charge in [-0.1, -0.05) is 18.5 Å². The summed E-state index contributed by atoms with van der Waals surface area (Å²) in [7, 11) is 0. The molecule has 1 aromatic carbocycles. The number of hydrogen-bond acceptors (Lipinski definition) is 2. The number of halogens is 1. The van der Waals surface area contributed by atoms with Crippen LogP contribution in [0, 0.1) is 0 Å². The Morgan fingerprint density at radius 2 is 2.13 bits per heavy atom. The summed E-state index contributed by atoms with van der Waals surface area (Å²) in [6.45, 7) is 2.00. The molecular weight excluding hydrogens is 214 g/mol. The Balaban J connectivity index is 1.92. The third kappa shape index (κ3) is 2.49. The highest BCUT2D eigenvalue weighted by molar-refractivity contribution is 6.30. The number of ether oxygens (including phenoxy) is 1. The second kappa shape index (κ2) is 4.21. The maximum atomic E-state index is 11.6. The highest BCUT2D eigenvalue weighted by Gasteiger charge is 2.43. The van der Waals surface area contributed by atoms with Crippen LogP contribution in [-0.2, 0) is 9.53 Å². The third-order valence-corrected chi connectivity index (χ3v) is 2.61. The maximum absolute atomic E-state index is 11.6. The first-order chi connectivity index (χ1) is 7.20. The monoisotopic (exact) mass is 225 g/mol. The van der Waals surface area contributed by atoms with Crippen LogP contribution in [0.4, 0.5) is 5.69 Å². The average Bonchev–Trinajstić information content (AvgIpc) is 3.00. The molecule has 1 N–H and O–H groups in total. The Bertz CT molecular complexity index is 363. The van der Waals surface area contributed by atoms with E-state index in [4.69, 9.17) is 16.3 Å². The molecule has 3 nitrogen and oxygen atoms in total. The molecule has 0 aromatic heterocycles. The van der Waals surface area contributed by atoms with Gasteiger partial charge >= 0.3 is 0 Å². The molecule has 0 aliphatic carbocycles. The molecule has 1 fully saturated rings. The highest BCUT2D eigenvalue weighted by atomic mass is 35.5. The van der Waals surface area contributed by atoms with E-state index >= 15 is 0 Å². The molecule has 2 atom stereocenters. The number of rotatable bonds is 3. The van der Waals surface area contributed by atoms with E-state index in [9.17, 15) is 4.79 Å². The lowest BCUT2D eigenvalue weighted by Gasteiger charge is -2.02. The van der Waals surface area contributed by atoms with Crippen molar-refractivity contribution < 1.29 is 9.53 Å². The number of anilines is 1. The molecule has 0 unspecified atom stereocenters. The van der Waals surface area contributed by atoms with Crippen molar-refractivity contribution in [2.45, 2.75) is 25.6 Å². The van der Waals surface area contributed by atoms with Gasteiger partial charge in [0.25, 0.3) is 5.91 Å². The highest BCUT2D eigenvalue weighted by Crippen LogP contribution is 2.26. The SMILES string of the molecule is CC[C@H]1O[C@H]1C(=O)Nc1ccc(Cl)cc1. The summed E-state index contributed by atoms with van der Waals surface area (Å²) in [4.78, 5) is 11.6. The van der Waals surface area contributed by atoms with E-state index in [1.807, 2.05) is 6.92 Å². The third-order valence-electron chi connectivity index (χ3n) is 2.36. The summed E-state index contributed by atoms with van der Waals surface area (Å²) in [5.41, 5.74) is 0.745. The van der Waals surface area contributed by atoms with E-state index in [0.29, 0.717) is 5.02 Å². The van der Waals surface area contributed by atoms with Gasteiger partial charge in [0.2, 0.25) is 0 Å². The van der Waals surface area contributed by atoms with Crippen LogP contribution in [-0.4, -0.2) is 18.1 Å². The summed E-state index contributed by atoms with van der Waals surface area (Å²) in [6.07, 6.45) is 0.696. The lowest BCUT2D eigenvalue weighted by molar-refractivity contribution is -0.117. The van der Waals surface area contributed by atoms with Crippen molar-refractivity contribution in [2.75, 3.05) is 5.32 Å². The fraction of sp³-hybridized carbons (Fsp3) is 0.364. The van der Waals surface area contributed by atoms with Gasteiger partial charge in [0.15, 0.2) is 6.10 Å². The molecule has 80 valence electrons. The minimum Gasteiger partial charge on any atom is -0.359 e. The van der Waals surface area contributed by atoms with Gasteiger partial charge in [-0.2, -0.15) is 0 Å². The number of hydrogen-bond donors (Lipinski definition) is 1. The van der Waals surface area contributed by atoms with E-state index in [-0.39, 0.29) is 18.1 Å². The van der Waals surface area contributed by atoms with E-state index in [1.165, 1.54) is 0 Å². The van der Waals surface area contributed by atoms with Gasteiger partial charge in [-0.25, -0.2) is 0 Å². The zero-order valence-corrected chi connectivity index (χ0v) is 9.12. The quantitative estimate of drug-likeness (QED) is 0.803. The molecule has 0 spiro atoms. The molecule has 1 amide bonds. The summed E-state index contributed by atoms with van der Waals surface area (Å²) in [5, 5.41) is 3.43. The van der Waals surface area contributed by atoms with Crippen molar-refractivity contribution in [1.29, 1.82) is 0 Å². The van der Waals surface area contributed by atoms with Crippen LogP contribution in [0.5, 0.6) is 0 Å². The molecule has 0 bridgehead atoms. The van der Waals surface area contributed by atoms with Gasteiger partial charge in [0.1, 0.15) is 0 Å². The van der Waals surface area contributed by atoms with Crippen molar-refractivity contribution in [3.05, 3.63) is 29.3 Å². The van der Waals surface area contributed by atoms with Crippen molar-refractivity contribution >= 4 is 23.2 Å². The van der Waals surface area contributed by atoms with Gasteiger partial charge < -0.3 is 10.1 Å². The van der Waals surface area contributed by atoms with Crippen LogP contribution in [0.2, 0.25) is 5.02 Å². The Kier molecular flexibility index (Phi) is 2.93. The molecule has 1 heterocycles. The Hall–Kier alpha value is -1.06. The molecule has 1 aliphatic heterocycles. The minimum atomic E-state index is -0.273. The zero-order chi connectivity index (χ0) is 10.8. The second-order valence-corrected chi connectivity index (χ2v) is 3.94. The first-order valence-electron chi connectivity index (χ1n) is 4.92. The van der Waals surface area contributed by atoms with Crippen molar-refractivity contribution in [3.63, 3.8) is 0 Å². The number of amides is 1. The van der Waals surface area contributed by atoms with E-state index in [0.717, 1.165) is 12.1 Å². The molecule has 1 aromatic rings. The Morgan fingerprint density at radius 3 is 2.67 bits per heavy atom. The number of benzene rings is 1. The lowest BCUT2D eigenvalue weighted by atomic mass is 10.2. The van der Waals surface area contributed by atoms with Crippen molar-refractivity contribution in [3.8, 4) is 0 Å². The van der Waals surface area contributed by atoms with E-state index < -0.39 is 0 Å². The standard InChI is InChI=1S/C11H12ClNO2/c1-2-9-10(15-9)11(14)13-8-5-3-7(12)4-6-8/h3-6,9-10H,2H2,1H3,(H,13,14)/t9-,10-/m1/s1. The van der Waals surface area contributed by atoms with Crippen LogP contribution in [0.15, 0.2) is 24.3 Å². The maximum Gasteiger partial charge on any atom is 0.256 e. The van der Waals surface area contributed by atoms with Gasteiger partial charge in [-0.15, -0.1) is 0 Å². The number of nitrogens with one attached hydrogen (secondary N) is 1. The average molecular weight is 226 g/mol. The van der Waals surface area contributed by atoms with Crippen molar-refractivity contribution in [2.24, 2.45) is 0 Å². The molecule has 1 saturated heterocycles. The molecule has 0 saturated carbocycles. The molecule has 2 rings (SSSR count). The fourth-order valence-corrected chi connectivity index (χ4v) is 1.56. The smallest absolute Gasteiger partial charge is 0.256 e. The van der Waals surface area contributed by atoms with Crippen LogP contribution >= 0.6 is 11.6 Å². The van der Waals surface area contributed by atoms with Gasteiger partial charge in [-0.05, 0) is 30.7 Å². The van der Waals surface area contributed by atoms with Crippen LogP contribution in [0.1, 0.15) is 13.3 Å². The van der Waals surface area contributed by atoms with Crippen LogP contribution < -0.4 is 5.32 Å². The van der Waals surface area contributed by atoms with E-state index in [2.05, 4.69) is 5.32 Å². The Labute approximate surface area is 93.4 Å². The predicted octanol–water partition coefficient (Wildman–Crippen LogP) is 2.46. The largest absolute Gasteiger partial charge is 0.359 e. The molecular formula is C11H12ClNO2. The van der Waals surface area contributed by atoms with Gasteiger partial charge in [0.05, 0.1) is 6.10 Å². The normalized spacial score (nSPS) is 23.6. The van der Waals surface area contributed by atoms with Crippen LogP contribution in [0.25, 0.3) is 0 Å². The Morgan fingerprint density at radius 1 is 1.47 bits per heavy atom. The van der Waals surface area contributed by atoms with Gasteiger partial charge in [0, 0.05) is 10.7 Å². The lowest BCUT2D eigenvalue weighted by Crippen LogP contribution is -2.19. The first kappa shape index (κ1) is 10.5. The molecule has 4 heteroatoms. The minimum absolute atomic E-state index is 0.0795. The fourth-order valence-electron chi connectivity index (χ4n) is 1.43. The predicted molar refractivity (Wildman–Crippen MR) is 59.0 cm³/mol. The summed E-state index contributed by atoms with van der Waals surface area (Å²) in [5.74, 6) is -0.0795. The van der Waals surface area contributed by atoms with Crippen LogP contribution in [0.3, 0.4) is 0 Å². The summed E-state index contributed by atoms with van der Waals surface area (Å²) in [6, 6.07) is 7.01. The van der Waals surface area contributed by atoms with Gasteiger partial charge in [-0.3, -0.25) is 4.79 Å². The van der Waals surface area contributed by atoms with E-state index in [1.54, 1.807) is 24.3 Å². The molecule has 15 heavy (non-hydrogen) atoms. The zero-order valence-electron chi connectivity index (χ0n) is 8.37. The summed E-state index contributed by atoms with van der Waals surface area (Å²) >= 11 is 5.73. The number of epoxide rings is 1. The molecule has 0 radical (unpaired) electrons. The van der Waals surface area contributed by atoms with Crippen molar-refractivity contribution in [1.82, 2.24) is 0 Å². The second-order valence-electron chi connectivity index (χ2n) is 3.50. The number of carbonyl (C=O) groups excluding carboxylic acids is 1. The topological polar surface area (TPSA) is 41.6 Å². The first-order valence-corrected chi connectivity index (χ1v) is 5.30.